The molecule has 0 saturated carbocycles. The van der Waals surface area contributed by atoms with E-state index in [1.54, 1.807) is 19.2 Å². The zero-order valence-corrected chi connectivity index (χ0v) is 16.4. The third kappa shape index (κ3) is 4.64. The smallest absolute Gasteiger partial charge is 0.326 e. The summed E-state index contributed by atoms with van der Waals surface area (Å²) in [5.41, 5.74) is 0.863. The highest BCUT2D eigenvalue weighted by atomic mass is 16.5. The van der Waals surface area contributed by atoms with E-state index in [1.165, 1.54) is 6.92 Å². The second-order valence-corrected chi connectivity index (χ2v) is 7.12. The Labute approximate surface area is 168 Å². The first kappa shape index (κ1) is 20.6. The average Bonchev–Trinajstić information content (AvgIpc) is 2.97. The van der Waals surface area contributed by atoms with Crippen LogP contribution in [-0.4, -0.2) is 48.3 Å². The maximum atomic E-state index is 12.4. The van der Waals surface area contributed by atoms with E-state index >= 15 is 0 Å². The number of hydrogen-bond donors (Lipinski definition) is 1. The van der Waals surface area contributed by atoms with Crippen LogP contribution in [0, 0.1) is 11.8 Å². The van der Waals surface area contributed by atoms with Crippen molar-refractivity contribution in [2.45, 2.75) is 32.4 Å². The number of amides is 3. The van der Waals surface area contributed by atoms with E-state index in [-0.39, 0.29) is 18.4 Å². The van der Waals surface area contributed by atoms with Gasteiger partial charge in [-0.25, -0.2) is 0 Å². The van der Waals surface area contributed by atoms with Gasteiger partial charge >= 0.3 is 5.97 Å². The summed E-state index contributed by atoms with van der Waals surface area (Å²) >= 11 is 0. The lowest BCUT2D eigenvalue weighted by Crippen LogP contribution is -2.40. The first-order chi connectivity index (χ1) is 13.9. The van der Waals surface area contributed by atoms with Gasteiger partial charge in [0.05, 0.1) is 18.9 Å². The summed E-state index contributed by atoms with van der Waals surface area (Å²) in [7, 11) is 1.57. The molecule has 3 atom stereocenters. The SMILES string of the molecule is COc1ccc(CNC(=O)[C@@H](C)OC(=O)CN2C(=O)[C@H]3CC=CC[C@@H]3C2=O)cc1. The summed E-state index contributed by atoms with van der Waals surface area (Å²) < 4.78 is 10.2. The third-order valence-corrected chi connectivity index (χ3v) is 5.19. The Balaban J connectivity index is 1.47. The van der Waals surface area contributed by atoms with Gasteiger partial charge in [-0.3, -0.25) is 24.1 Å². The molecule has 1 aliphatic carbocycles. The number of carbonyl (C=O) groups excluding carboxylic acids is 4. The van der Waals surface area contributed by atoms with E-state index in [0.717, 1.165) is 10.5 Å². The van der Waals surface area contributed by atoms with E-state index in [1.807, 2.05) is 24.3 Å². The van der Waals surface area contributed by atoms with Crippen LogP contribution in [0.5, 0.6) is 5.75 Å². The number of nitrogens with zero attached hydrogens (tertiary/aromatic N) is 1. The second kappa shape index (κ2) is 8.89. The molecule has 29 heavy (non-hydrogen) atoms. The molecule has 3 amide bonds. The number of imide groups is 1. The summed E-state index contributed by atoms with van der Waals surface area (Å²) in [6, 6.07) is 7.19. The zero-order valence-electron chi connectivity index (χ0n) is 16.4. The molecule has 0 bridgehead atoms. The Morgan fingerprint density at radius 3 is 2.24 bits per heavy atom. The number of nitrogens with one attached hydrogen (secondary N) is 1. The Kier molecular flexibility index (Phi) is 6.31. The molecule has 1 aliphatic heterocycles. The van der Waals surface area contributed by atoms with E-state index < -0.39 is 36.4 Å². The minimum absolute atomic E-state index is 0.268. The highest BCUT2D eigenvalue weighted by molar-refractivity contribution is 6.07. The van der Waals surface area contributed by atoms with Gasteiger partial charge in [-0.15, -0.1) is 0 Å². The topological polar surface area (TPSA) is 102 Å². The number of fused-ring (bicyclic) bond motifs is 1. The van der Waals surface area contributed by atoms with Crippen molar-refractivity contribution in [3.63, 3.8) is 0 Å². The number of methoxy groups -OCH3 is 1. The minimum atomic E-state index is -1.04. The second-order valence-electron chi connectivity index (χ2n) is 7.12. The Hall–Kier alpha value is -3.16. The van der Waals surface area contributed by atoms with Gasteiger partial charge in [0.15, 0.2) is 6.10 Å². The number of likely N-dealkylation sites (tertiary alicyclic amines) is 1. The first-order valence-electron chi connectivity index (χ1n) is 9.51. The average molecular weight is 400 g/mol. The number of ether oxygens (including phenoxy) is 2. The number of esters is 1. The number of allylic oxidation sites excluding steroid dienone is 2. The van der Waals surface area contributed by atoms with Crippen LogP contribution >= 0.6 is 0 Å². The fourth-order valence-electron chi connectivity index (χ4n) is 3.52. The molecule has 1 saturated heterocycles. The van der Waals surface area contributed by atoms with Gasteiger partial charge in [0, 0.05) is 6.54 Å². The molecule has 3 rings (SSSR count). The van der Waals surface area contributed by atoms with E-state index in [9.17, 15) is 19.2 Å². The lowest BCUT2D eigenvalue weighted by molar-refractivity contribution is -0.159. The van der Waals surface area contributed by atoms with Crippen LogP contribution in [0.4, 0.5) is 0 Å². The monoisotopic (exact) mass is 400 g/mol. The van der Waals surface area contributed by atoms with Crippen molar-refractivity contribution in [3.8, 4) is 5.75 Å². The predicted octanol–water partition coefficient (Wildman–Crippen LogP) is 1.19. The molecule has 8 heteroatoms. The Morgan fingerprint density at radius 1 is 1.10 bits per heavy atom. The first-order valence-corrected chi connectivity index (χ1v) is 9.51. The van der Waals surface area contributed by atoms with E-state index in [4.69, 9.17) is 9.47 Å². The molecule has 8 nitrogen and oxygen atoms in total. The normalized spacial score (nSPS) is 21.5. The molecule has 1 heterocycles. The molecule has 1 N–H and O–H groups in total. The van der Waals surface area contributed by atoms with Crippen LogP contribution < -0.4 is 10.1 Å². The molecule has 0 spiro atoms. The van der Waals surface area contributed by atoms with Crippen molar-refractivity contribution in [3.05, 3.63) is 42.0 Å². The minimum Gasteiger partial charge on any atom is -0.497 e. The number of rotatable bonds is 7. The van der Waals surface area contributed by atoms with Crippen LogP contribution in [0.1, 0.15) is 25.3 Å². The predicted molar refractivity (Wildman–Crippen MR) is 102 cm³/mol. The van der Waals surface area contributed by atoms with Crippen molar-refractivity contribution in [2.24, 2.45) is 11.8 Å². The number of benzene rings is 1. The summed E-state index contributed by atoms with van der Waals surface area (Å²) in [5.74, 6) is -2.03. The van der Waals surface area contributed by atoms with Gasteiger partial charge in [0.25, 0.3) is 5.91 Å². The van der Waals surface area contributed by atoms with Crippen molar-refractivity contribution in [1.29, 1.82) is 0 Å². The van der Waals surface area contributed by atoms with Gasteiger partial charge in [-0.1, -0.05) is 24.3 Å². The molecule has 0 unspecified atom stereocenters. The van der Waals surface area contributed by atoms with Gasteiger partial charge < -0.3 is 14.8 Å². The van der Waals surface area contributed by atoms with Crippen molar-refractivity contribution < 1.29 is 28.7 Å². The molecule has 154 valence electrons. The molecule has 1 aromatic rings. The Morgan fingerprint density at radius 2 is 1.69 bits per heavy atom. The van der Waals surface area contributed by atoms with E-state index in [2.05, 4.69) is 5.32 Å². The molecule has 0 radical (unpaired) electrons. The standard InChI is InChI=1S/C21H24N2O6/c1-13(19(25)22-11-14-7-9-15(28-2)10-8-14)29-18(24)12-23-20(26)16-5-3-4-6-17(16)21(23)27/h3-4,7-10,13,16-17H,5-6,11-12H2,1-2H3,(H,22,25)/t13-,16+,17+/m1/s1. The fourth-order valence-corrected chi connectivity index (χ4v) is 3.52. The largest absolute Gasteiger partial charge is 0.497 e. The molecular weight excluding hydrogens is 376 g/mol. The van der Waals surface area contributed by atoms with Gasteiger partial charge in [0.2, 0.25) is 11.8 Å². The van der Waals surface area contributed by atoms with Gasteiger partial charge in [0.1, 0.15) is 12.3 Å². The lowest BCUT2D eigenvalue weighted by Gasteiger charge is -2.17. The zero-order chi connectivity index (χ0) is 21.0. The summed E-state index contributed by atoms with van der Waals surface area (Å²) in [6.07, 6.45) is 3.72. The highest BCUT2D eigenvalue weighted by Gasteiger charge is 2.47. The summed E-state index contributed by atoms with van der Waals surface area (Å²) in [6.45, 7) is 1.24. The number of carbonyl (C=O) groups is 4. The van der Waals surface area contributed by atoms with Crippen LogP contribution in [0.3, 0.4) is 0 Å². The molecular formula is C21H24N2O6. The van der Waals surface area contributed by atoms with Crippen LogP contribution in [0.15, 0.2) is 36.4 Å². The quantitative estimate of drug-likeness (QED) is 0.419. The third-order valence-electron chi connectivity index (χ3n) is 5.19. The van der Waals surface area contributed by atoms with Crippen molar-refractivity contribution in [1.82, 2.24) is 10.2 Å². The maximum Gasteiger partial charge on any atom is 0.326 e. The summed E-state index contributed by atoms with van der Waals surface area (Å²) in [4.78, 5) is 50.1. The highest BCUT2D eigenvalue weighted by Crippen LogP contribution is 2.34. The van der Waals surface area contributed by atoms with E-state index in [0.29, 0.717) is 18.6 Å². The molecule has 0 aromatic heterocycles. The van der Waals surface area contributed by atoms with Crippen molar-refractivity contribution >= 4 is 23.7 Å². The van der Waals surface area contributed by atoms with Gasteiger partial charge in [-0.2, -0.15) is 0 Å². The fraction of sp³-hybridized carbons (Fsp3) is 0.429. The number of hydrogen-bond acceptors (Lipinski definition) is 6. The van der Waals surface area contributed by atoms with Gasteiger partial charge in [-0.05, 0) is 37.5 Å². The molecule has 1 fully saturated rings. The van der Waals surface area contributed by atoms with Crippen LogP contribution in [0.25, 0.3) is 0 Å². The van der Waals surface area contributed by atoms with Crippen LogP contribution in [0.2, 0.25) is 0 Å². The maximum absolute atomic E-state index is 12.4. The molecule has 1 aromatic carbocycles. The van der Waals surface area contributed by atoms with Crippen LogP contribution in [-0.2, 0) is 30.5 Å². The molecule has 2 aliphatic rings. The van der Waals surface area contributed by atoms with Crippen molar-refractivity contribution in [2.75, 3.05) is 13.7 Å². The lowest BCUT2D eigenvalue weighted by atomic mass is 9.85. The Bertz CT molecular complexity index is 806. The summed E-state index contributed by atoms with van der Waals surface area (Å²) in [5, 5.41) is 2.68.